The molecule has 86 valence electrons. The van der Waals surface area contributed by atoms with Crippen molar-refractivity contribution >= 4 is 5.91 Å². The van der Waals surface area contributed by atoms with Crippen molar-refractivity contribution in [3.63, 3.8) is 0 Å². The lowest BCUT2D eigenvalue weighted by Gasteiger charge is -2.35. The first-order valence-electron chi connectivity index (χ1n) is 5.75. The molecule has 0 radical (unpaired) electrons. The molecule has 1 amide bonds. The summed E-state index contributed by atoms with van der Waals surface area (Å²) in [5.41, 5.74) is 1.08. The molecule has 1 N–H and O–H groups in total. The van der Waals surface area contributed by atoms with E-state index >= 15 is 0 Å². The summed E-state index contributed by atoms with van der Waals surface area (Å²) in [6, 6.07) is 0.381. The summed E-state index contributed by atoms with van der Waals surface area (Å²) in [6.45, 7) is 5.75. The number of amides is 1. The van der Waals surface area contributed by atoms with Crippen molar-refractivity contribution in [3.8, 4) is 0 Å². The fourth-order valence-electron chi connectivity index (χ4n) is 2.07. The van der Waals surface area contributed by atoms with Gasteiger partial charge in [0.05, 0.1) is 0 Å². The van der Waals surface area contributed by atoms with Crippen molar-refractivity contribution in [2.75, 3.05) is 20.1 Å². The normalized spacial score (nSPS) is 21.3. The Hall–Kier alpha value is -0.830. The third-order valence-corrected chi connectivity index (χ3v) is 2.76. The SMILES string of the molecule is CNCC1CCCCN1C(=O)C=C(C)C. The van der Waals surface area contributed by atoms with E-state index in [0.717, 1.165) is 31.5 Å². The van der Waals surface area contributed by atoms with Gasteiger partial charge in [0.1, 0.15) is 0 Å². The van der Waals surface area contributed by atoms with Crippen LogP contribution in [0.25, 0.3) is 0 Å². The quantitative estimate of drug-likeness (QED) is 0.717. The summed E-state index contributed by atoms with van der Waals surface area (Å²) in [7, 11) is 1.94. The largest absolute Gasteiger partial charge is 0.335 e. The molecule has 0 aromatic carbocycles. The molecule has 0 aromatic rings. The highest BCUT2D eigenvalue weighted by Crippen LogP contribution is 2.17. The number of carbonyl (C=O) groups excluding carboxylic acids is 1. The van der Waals surface area contributed by atoms with E-state index < -0.39 is 0 Å². The summed E-state index contributed by atoms with van der Waals surface area (Å²) >= 11 is 0. The summed E-state index contributed by atoms with van der Waals surface area (Å²) in [5.74, 6) is 0.176. The molecule has 1 unspecified atom stereocenters. The van der Waals surface area contributed by atoms with Crippen LogP contribution in [0.15, 0.2) is 11.6 Å². The van der Waals surface area contributed by atoms with E-state index in [9.17, 15) is 4.79 Å². The van der Waals surface area contributed by atoms with Crippen molar-refractivity contribution in [1.82, 2.24) is 10.2 Å². The van der Waals surface area contributed by atoms with Gasteiger partial charge in [-0.25, -0.2) is 0 Å². The predicted octanol–water partition coefficient (Wildman–Crippen LogP) is 1.55. The van der Waals surface area contributed by atoms with Crippen molar-refractivity contribution < 1.29 is 4.79 Å². The number of rotatable bonds is 3. The Morgan fingerprint density at radius 1 is 1.47 bits per heavy atom. The van der Waals surface area contributed by atoms with Crippen LogP contribution in [0.5, 0.6) is 0 Å². The van der Waals surface area contributed by atoms with E-state index in [2.05, 4.69) is 5.32 Å². The summed E-state index contributed by atoms with van der Waals surface area (Å²) in [5, 5.41) is 3.16. The second-order valence-corrected chi connectivity index (χ2v) is 4.46. The Morgan fingerprint density at radius 3 is 2.80 bits per heavy atom. The van der Waals surface area contributed by atoms with Crippen molar-refractivity contribution in [2.45, 2.75) is 39.2 Å². The van der Waals surface area contributed by atoms with E-state index in [1.54, 1.807) is 6.08 Å². The standard InChI is InChI=1S/C12H22N2O/c1-10(2)8-12(15)14-7-5-4-6-11(14)9-13-3/h8,11,13H,4-7,9H2,1-3H3. The molecule has 1 aliphatic rings. The van der Waals surface area contributed by atoms with Crippen LogP contribution in [0.3, 0.4) is 0 Å². The minimum absolute atomic E-state index is 0.176. The van der Waals surface area contributed by atoms with Gasteiger partial charge in [-0.05, 0) is 40.2 Å². The van der Waals surface area contributed by atoms with Crippen LogP contribution in [-0.2, 0) is 4.79 Å². The van der Waals surface area contributed by atoms with Gasteiger partial charge in [-0.1, -0.05) is 5.57 Å². The highest BCUT2D eigenvalue weighted by atomic mass is 16.2. The zero-order valence-electron chi connectivity index (χ0n) is 10.0. The van der Waals surface area contributed by atoms with Gasteiger partial charge in [0.15, 0.2) is 0 Å². The van der Waals surface area contributed by atoms with E-state index in [0.29, 0.717) is 6.04 Å². The summed E-state index contributed by atoms with van der Waals surface area (Å²) in [4.78, 5) is 13.9. The lowest BCUT2D eigenvalue weighted by atomic mass is 10.0. The van der Waals surface area contributed by atoms with Crippen molar-refractivity contribution in [3.05, 3.63) is 11.6 Å². The average Bonchev–Trinajstić information content (AvgIpc) is 2.18. The molecule has 15 heavy (non-hydrogen) atoms. The van der Waals surface area contributed by atoms with Gasteiger partial charge in [-0.3, -0.25) is 4.79 Å². The summed E-state index contributed by atoms with van der Waals surface area (Å²) in [6.07, 6.45) is 5.25. The third-order valence-electron chi connectivity index (χ3n) is 2.76. The van der Waals surface area contributed by atoms with Crippen molar-refractivity contribution in [1.29, 1.82) is 0 Å². The molecule has 1 heterocycles. The van der Waals surface area contributed by atoms with E-state index in [4.69, 9.17) is 0 Å². The third kappa shape index (κ3) is 3.67. The van der Waals surface area contributed by atoms with Crippen LogP contribution in [0, 0.1) is 0 Å². The predicted molar refractivity (Wildman–Crippen MR) is 62.7 cm³/mol. The number of piperidine rings is 1. The number of likely N-dealkylation sites (tertiary alicyclic amines) is 1. The molecule has 3 heteroatoms. The number of allylic oxidation sites excluding steroid dienone is 1. The van der Waals surface area contributed by atoms with Gasteiger partial charge in [-0.2, -0.15) is 0 Å². The molecule has 0 aromatic heterocycles. The van der Waals surface area contributed by atoms with Gasteiger partial charge in [0.2, 0.25) is 5.91 Å². The molecule has 1 rings (SSSR count). The second-order valence-electron chi connectivity index (χ2n) is 4.46. The van der Waals surface area contributed by atoms with Crippen LogP contribution >= 0.6 is 0 Å². The Bertz CT molecular complexity index is 242. The maximum absolute atomic E-state index is 11.9. The first-order chi connectivity index (χ1) is 7.15. The first kappa shape index (κ1) is 12.2. The van der Waals surface area contributed by atoms with Crippen LogP contribution in [0.2, 0.25) is 0 Å². The number of nitrogens with zero attached hydrogens (tertiary/aromatic N) is 1. The van der Waals surface area contributed by atoms with E-state index in [1.165, 1.54) is 6.42 Å². The molecule has 1 fully saturated rings. The number of likely N-dealkylation sites (N-methyl/N-ethyl adjacent to an activating group) is 1. The Morgan fingerprint density at radius 2 is 2.20 bits per heavy atom. The van der Waals surface area contributed by atoms with Crippen LogP contribution in [0.4, 0.5) is 0 Å². The molecule has 1 aliphatic heterocycles. The topological polar surface area (TPSA) is 32.3 Å². The highest BCUT2D eigenvalue weighted by Gasteiger charge is 2.24. The van der Waals surface area contributed by atoms with Gasteiger partial charge < -0.3 is 10.2 Å². The molecule has 1 atom stereocenters. The van der Waals surface area contributed by atoms with Crippen LogP contribution in [-0.4, -0.2) is 37.0 Å². The number of nitrogens with one attached hydrogen (secondary N) is 1. The van der Waals surface area contributed by atoms with Gasteiger partial charge in [0.25, 0.3) is 0 Å². The maximum atomic E-state index is 11.9. The smallest absolute Gasteiger partial charge is 0.246 e. The van der Waals surface area contributed by atoms with Crippen molar-refractivity contribution in [2.24, 2.45) is 0 Å². The monoisotopic (exact) mass is 210 g/mol. The molecule has 0 aliphatic carbocycles. The maximum Gasteiger partial charge on any atom is 0.246 e. The van der Waals surface area contributed by atoms with Crippen LogP contribution in [0.1, 0.15) is 33.1 Å². The number of hydrogen-bond donors (Lipinski definition) is 1. The zero-order chi connectivity index (χ0) is 11.3. The lowest BCUT2D eigenvalue weighted by molar-refractivity contribution is -0.129. The average molecular weight is 210 g/mol. The minimum atomic E-state index is 0.176. The van der Waals surface area contributed by atoms with Gasteiger partial charge in [-0.15, -0.1) is 0 Å². The minimum Gasteiger partial charge on any atom is -0.335 e. The molecular formula is C12H22N2O. The van der Waals surface area contributed by atoms with E-state index in [-0.39, 0.29) is 5.91 Å². The molecule has 3 nitrogen and oxygen atoms in total. The zero-order valence-corrected chi connectivity index (χ0v) is 10.0. The van der Waals surface area contributed by atoms with E-state index in [1.807, 2.05) is 25.8 Å². The molecule has 0 spiro atoms. The molecule has 0 bridgehead atoms. The highest BCUT2D eigenvalue weighted by molar-refractivity contribution is 5.88. The van der Waals surface area contributed by atoms with Gasteiger partial charge >= 0.3 is 0 Å². The second kappa shape index (κ2) is 5.91. The van der Waals surface area contributed by atoms with Crippen LogP contribution < -0.4 is 5.32 Å². The Balaban J connectivity index is 2.63. The summed E-state index contributed by atoms with van der Waals surface area (Å²) < 4.78 is 0. The number of carbonyl (C=O) groups is 1. The molecule has 1 saturated heterocycles. The molecule has 0 saturated carbocycles. The Kier molecular flexibility index (Phi) is 4.82. The Labute approximate surface area is 92.5 Å². The fraction of sp³-hybridized carbons (Fsp3) is 0.750. The van der Waals surface area contributed by atoms with Gasteiger partial charge in [0, 0.05) is 25.2 Å². The molecular weight excluding hydrogens is 188 g/mol. The first-order valence-corrected chi connectivity index (χ1v) is 5.75. The number of hydrogen-bond acceptors (Lipinski definition) is 2. The fourth-order valence-corrected chi connectivity index (χ4v) is 2.07. The lowest BCUT2D eigenvalue weighted by Crippen LogP contribution is -2.47.